The molecule has 21 heavy (non-hydrogen) atoms. The molecule has 0 aliphatic heterocycles. The quantitative estimate of drug-likeness (QED) is 0.895. The molecule has 2 N–H and O–H groups in total. The maximum absolute atomic E-state index is 14.1. The van der Waals surface area contributed by atoms with E-state index in [1.807, 2.05) is 0 Å². The Kier molecular flexibility index (Phi) is 3.65. The van der Waals surface area contributed by atoms with E-state index in [2.05, 4.69) is 15.0 Å². The van der Waals surface area contributed by atoms with E-state index in [1.165, 1.54) is 26.1 Å². The molecule has 0 aromatic carbocycles. The minimum atomic E-state index is -1.74. The molecule has 8 heteroatoms. The molecule has 0 bridgehead atoms. The van der Waals surface area contributed by atoms with Crippen molar-refractivity contribution in [3.05, 3.63) is 41.5 Å². The summed E-state index contributed by atoms with van der Waals surface area (Å²) in [6.07, 6.45) is 1.87. The summed E-state index contributed by atoms with van der Waals surface area (Å²) in [4.78, 5) is 22.2. The summed E-state index contributed by atoms with van der Waals surface area (Å²) < 4.78 is 27.4. The zero-order valence-corrected chi connectivity index (χ0v) is 11.1. The number of halogens is 2. The SMILES string of the molecule is CC(C)(O)c1nccc(-c2ncc(F)c(C(=O)O)c2F)n1. The Morgan fingerprint density at radius 3 is 2.52 bits per heavy atom. The molecule has 0 aliphatic carbocycles. The fourth-order valence-corrected chi connectivity index (χ4v) is 1.63. The summed E-state index contributed by atoms with van der Waals surface area (Å²) in [5, 5.41) is 18.6. The third kappa shape index (κ3) is 2.84. The van der Waals surface area contributed by atoms with Crippen LogP contribution in [0.5, 0.6) is 0 Å². The van der Waals surface area contributed by atoms with Gasteiger partial charge in [-0.2, -0.15) is 0 Å². The minimum absolute atomic E-state index is 0.00222. The molecule has 0 spiro atoms. The van der Waals surface area contributed by atoms with Gasteiger partial charge in [-0.05, 0) is 19.9 Å². The lowest BCUT2D eigenvalue weighted by molar-refractivity contribution is 0.0678. The van der Waals surface area contributed by atoms with Crippen molar-refractivity contribution in [3.8, 4) is 11.4 Å². The molecule has 0 saturated heterocycles. The Balaban J connectivity index is 2.63. The number of carboxylic acid groups (broad SMARTS) is 1. The average molecular weight is 295 g/mol. The summed E-state index contributed by atoms with van der Waals surface area (Å²) in [5.74, 6) is -4.35. The van der Waals surface area contributed by atoms with Gasteiger partial charge >= 0.3 is 5.97 Å². The van der Waals surface area contributed by atoms with E-state index in [0.29, 0.717) is 6.20 Å². The Hall–Kier alpha value is -2.48. The van der Waals surface area contributed by atoms with Crippen LogP contribution >= 0.6 is 0 Å². The molecule has 2 heterocycles. The third-order valence-corrected chi connectivity index (χ3v) is 2.63. The van der Waals surface area contributed by atoms with E-state index < -0.39 is 34.5 Å². The first-order valence-corrected chi connectivity index (χ1v) is 5.85. The van der Waals surface area contributed by atoms with Crippen LogP contribution in [0, 0.1) is 11.6 Å². The summed E-state index contributed by atoms with van der Waals surface area (Å²) in [7, 11) is 0. The van der Waals surface area contributed by atoms with Gasteiger partial charge in [-0.25, -0.2) is 28.5 Å². The molecule has 0 aliphatic rings. The summed E-state index contributed by atoms with van der Waals surface area (Å²) in [6, 6.07) is 1.28. The maximum Gasteiger partial charge on any atom is 0.341 e. The molecule has 0 unspecified atom stereocenters. The summed E-state index contributed by atoms with van der Waals surface area (Å²) in [5.41, 5.74) is -2.96. The van der Waals surface area contributed by atoms with Crippen LogP contribution in [0.25, 0.3) is 11.4 Å². The number of aliphatic hydroxyl groups is 1. The number of pyridine rings is 1. The van der Waals surface area contributed by atoms with Gasteiger partial charge in [0, 0.05) is 6.20 Å². The first-order valence-electron chi connectivity index (χ1n) is 5.85. The molecule has 110 valence electrons. The van der Waals surface area contributed by atoms with Crippen LogP contribution in [0.2, 0.25) is 0 Å². The van der Waals surface area contributed by atoms with Crippen LogP contribution in [-0.4, -0.2) is 31.1 Å². The van der Waals surface area contributed by atoms with Crippen LogP contribution < -0.4 is 0 Å². The number of hydrogen-bond acceptors (Lipinski definition) is 5. The molecule has 0 amide bonds. The van der Waals surface area contributed by atoms with Crippen LogP contribution in [-0.2, 0) is 5.60 Å². The Morgan fingerprint density at radius 2 is 1.95 bits per heavy atom. The number of hydrogen-bond donors (Lipinski definition) is 2. The van der Waals surface area contributed by atoms with E-state index in [1.54, 1.807) is 0 Å². The van der Waals surface area contributed by atoms with Crippen LogP contribution in [0.1, 0.15) is 30.0 Å². The largest absolute Gasteiger partial charge is 0.477 e. The average Bonchev–Trinajstić information content (AvgIpc) is 2.37. The highest BCUT2D eigenvalue weighted by molar-refractivity contribution is 5.89. The fourth-order valence-electron chi connectivity index (χ4n) is 1.63. The first kappa shape index (κ1) is 14.9. The van der Waals surface area contributed by atoms with Gasteiger partial charge in [-0.1, -0.05) is 0 Å². The van der Waals surface area contributed by atoms with E-state index in [9.17, 15) is 18.7 Å². The normalized spacial score (nSPS) is 11.5. The Bertz CT molecular complexity index is 714. The zero-order valence-electron chi connectivity index (χ0n) is 11.1. The lowest BCUT2D eigenvalue weighted by Crippen LogP contribution is -2.20. The van der Waals surface area contributed by atoms with Crippen molar-refractivity contribution in [1.82, 2.24) is 15.0 Å². The second-order valence-corrected chi connectivity index (χ2v) is 4.77. The number of aromatic carboxylic acids is 1. The molecule has 6 nitrogen and oxygen atoms in total. The third-order valence-electron chi connectivity index (χ3n) is 2.63. The fraction of sp³-hybridized carbons (Fsp3) is 0.231. The van der Waals surface area contributed by atoms with Crippen molar-refractivity contribution in [1.29, 1.82) is 0 Å². The van der Waals surface area contributed by atoms with Crippen molar-refractivity contribution < 1.29 is 23.8 Å². The number of rotatable bonds is 3. The first-order chi connectivity index (χ1) is 9.71. The van der Waals surface area contributed by atoms with Gasteiger partial charge in [-0.3, -0.25) is 0 Å². The smallest absolute Gasteiger partial charge is 0.341 e. The van der Waals surface area contributed by atoms with Gasteiger partial charge in [-0.15, -0.1) is 0 Å². The lowest BCUT2D eigenvalue weighted by atomic mass is 10.1. The van der Waals surface area contributed by atoms with Crippen molar-refractivity contribution >= 4 is 5.97 Å². The molecule has 0 fully saturated rings. The molecular formula is C13H11F2N3O3. The van der Waals surface area contributed by atoms with Crippen molar-refractivity contribution in [2.45, 2.75) is 19.4 Å². The predicted molar refractivity (Wildman–Crippen MR) is 67.4 cm³/mol. The van der Waals surface area contributed by atoms with Crippen LogP contribution in [0.15, 0.2) is 18.5 Å². The van der Waals surface area contributed by atoms with Gasteiger partial charge < -0.3 is 10.2 Å². The van der Waals surface area contributed by atoms with Gasteiger partial charge in [0.2, 0.25) is 0 Å². The highest BCUT2D eigenvalue weighted by atomic mass is 19.1. The standard InChI is InChI=1S/C13H11F2N3O3/c1-13(2,21)12-16-4-3-7(18-12)10-9(15)8(11(19)20)6(14)5-17-10/h3-5,21H,1-2H3,(H,19,20). The highest BCUT2D eigenvalue weighted by Gasteiger charge is 2.24. The van der Waals surface area contributed by atoms with E-state index >= 15 is 0 Å². The van der Waals surface area contributed by atoms with E-state index in [0.717, 1.165) is 0 Å². The van der Waals surface area contributed by atoms with Crippen molar-refractivity contribution in [3.63, 3.8) is 0 Å². The Labute approximate surface area is 118 Å². The molecule has 0 saturated carbocycles. The molecule has 2 rings (SSSR count). The number of aromatic nitrogens is 3. The van der Waals surface area contributed by atoms with Gasteiger partial charge in [0.1, 0.15) is 16.9 Å². The van der Waals surface area contributed by atoms with Gasteiger partial charge in [0.25, 0.3) is 0 Å². The van der Waals surface area contributed by atoms with Crippen LogP contribution in [0.3, 0.4) is 0 Å². The van der Waals surface area contributed by atoms with Crippen molar-refractivity contribution in [2.75, 3.05) is 0 Å². The second kappa shape index (κ2) is 5.13. The summed E-state index contributed by atoms with van der Waals surface area (Å²) in [6.45, 7) is 2.87. The van der Waals surface area contributed by atoms with Gasteiger partial charge in [0.05, 0.1) is 11.9 Å². The monoisotopic (exact) mass is 295 g/mol. The summed E-state index contributed by atoms with van der Waals surface area (Å²) >= 11 is 0. The molecule has 2 aromatic heterocycles. The maximum atomic E-state index is 14.1. The second-order valence-electron chi connectivity index (χ2n) is 4.77. The molecule has 0 radical (unpaired) electrons. The molecule has 0 atom stereocenters. The molecule has 2 aromatic rings. The predicted octanol–water partition coefficient (Wildman–Crippen LogP) is 1.74. The van der Waals surface area contributed by atoms with Gasteiger partial charge in [0.15, 0.2) is 17.5 Å². The number of carbonyl (C=O) groups is 1. The lowest BCUT2D eigenvalue weighted by Gasteiger charge is -2.15. The zero-order chi connectivity index (χ0) is 15.8. The number of nitrogens with zero attached hydrogens (tertiary/aromatic N) is 3. The minimum Gasteiger partial charge on any atom is -0.477 e. The number of carboxylic acids is 1. The Morgan fingerprint density at radius 1 is 1.29 bits per heavy atom. The van der Waals surface area contributed by atoms with E-state index in [4.69, 9.17) is 5.11 Å². The van der Waals surface area contributed by atoms with Crippen LogP contribution in [0.4, 0.5) is 8.78 Å². The van der Waals surface area contributed by atoms with Crippen molar-refractivity contribution in [2.24, 2.45) is 0 Å². The van der Waals surface area contributed by atoms with E-state index in [-0.39, 0.29) is 11.5 Å². The molecular weight excluding hydrogens is 284 g/mol. The topological polar surface area (TPSA) is 96.2 Å². The highest BCUT2D eigenvalue weighted by Crippen LogP contribution is 2.24.